The lowest BCUT2D eigenvalue weighted by molar-refractivity contribution is -0.171. The van der Waals surface area contributed by atoms with Crippen LogP contribution in [0.3, 0.4) is 0 Å². The second-order valence-corrected chi connectivity index (χ2v) is 3.29. The summed E-state index contributed by atoms with van der Waals surface area (Å²) in [4.78, 5) is 10.8. The van der Waals surface area contributed by atoms with E-state index < -0.39 is 18.3 Å². The minimum Gasteiger partial charge on any atom is -0.462 e. The molecule has 0 saturated carbocycles. The number of hydrogen-bond acceptors (Lipinski definition) is 4. The number of aromatic nitrogens is 1. The molecule has 0 aliphatic rings. The van der Waals surface area contributed by atoms with Gasteiger partial charge in [0.25, 0.3) is 0 Å². The fraction of sp³-hybridized carbons (Fsp3) is 0.500. The Balaban J connectivity index is 2.61. The summed E-state index contributed by atoms with van der Waals surface area (Å²) in [6.45, 7) is 1.44. The topological polar surface area (TPSA) is 39.2 Å². The summed E-state index contributed by atoms with van der Waals surface area (Å²) in [5, 5.41) is 1.48. The van der Waals surface area contributed by atoms with Crippen LogP contribution in [0.2, 0.25) is 0 Å². The Morgan fingerprint density at radius 1 is 1.71 bits per heavy atom. The van der Waals surface area contributed by atoms with Crippen molar-refractivity contribution in [1.82, 2.24) is 4.37 Å². The van der Waals surface area contributed by atoms with Crippen LogP contribution in [0.15, 0.2) is 11.6 Å². The lowest BCUT2D eigenvalue weighted by atomic mass is 10.1. The molecule has 0 amide bonds. The van der Waals surface area contributed by atoms with Crippen LogP contribution < -0.4 is 0 Å². The van der Waals surface area contributed by atoms with Crippen molar-refractivity contribution in [2.45, 2.75) is 19.3 Å². The first-order valence-corrected chi connectivity index (χ1v) is 4.83. The first-order valence-electron chi connectivity index (χ1n) is 3.99. The van der Waals surface area contributed by atoms with Crippen molar-refractivity contribution in [2.75, 3.05) is 6.61 Å². The van der Waals surface area contributed by atoms with Crippen molar-refractivity contribution in [1.29, 1.82) is 0 Å². The predicted molar refractivity (Wildman–Crippen MR) is 47.4 cm³/mol. The van der Waals surface area contributed by atoms with E-state index in [0.29, 0.717) is 5.56 Å². The van der Waals surface area contributed by atoms with Crippen molar-refractivity contribution in [3.63, 3.8) is 0 Å². The van der Waals surface area contributed by atoms with Gasteiger partial charge in [-0.05, 0) is 24.0 Å². The van der Waals surface area contributed by atoms with Gasteiger partial charge in [-0.2, -0.15) is 8.78 Å². The summed E-state index contributed by atoms with van der Waals surface area (Å²) in [7, 11) is 0. The Kier molecular flexibility index (Phi) is 3.51. The van der Waals surface area contributed by atoms with Gasteiger partial charge >= 0.3 is 11.9 Å². The first-order chi connectivity index (χ1) is 6.56. The van der Waals surface area contributed by atoms with Gasteiger partial charge in [0.15, 0.2) is 0 Å². The second kappa shape index (κ2) is 4.45. The Labute approximate surface area is 83.9 Å². The molecule has 6 heteroatoms. The quantitative estimate of drug-likeness (QED) is 0.729. The normalized spacial score (nSPS) is 11.4. The molecular weight excluding hydrogens is 212 g/mol. The van der Waals surface area contributed by atoms with E-state index in [4.69, 9.17) is 0 Å². The third-order valence-electron chi connectivity index (χ3n) is 1.48. The summed E-state index contributed by atoms with van der Waals surface area (Å²) in [5.41, 5.74) is 0.341. The molecule has 1 aromatic heterocycles. The van der Waals surface area contributed by atoms with Crippen LogP contribution in [0.4, 0.5) is 8.78 Å². The fourth-order valence-electron chi connectivity index (χ4n) is 0.879. The van der Waals surface area contributed by atoms with Crippen LogP contribution >= 0.6 is 11.5 Å². The number of carbonyl (C=O) groups is 1. The van der Waals surface area contributed by atoms with Gasteiger partial charge in [0.05, 0.1) is 13.0 Å². The molecule has 0 fully saturated rings. The van der Waals surface area contributed by atoms with Crippen molar-refractivity contribution >= 4 is 17.5 Å². The summed E-state index contributed by atoms with van der Waals surface area (Å²) < 4.78 is 34.1. The molecule has 14 heavy (non-hydrogen) atoms. The highest BCUT2D eigenvalue weighted by Gasteiger charge is 2.40. The lowest BCUT2D eigenvalue weighted by Crippen LogP contribution is -2.33. The van der Waals surface area contributed by atoms with Crippen molar-refractivity contribution in [2.24, 2.45) is 0 Å². The second-order valence-electron chi connectivity index (χ2n) is 2.63. The van der Waals surface area contributed by atoms with Crippen LogP contribution in [-0.2, 0) is 16.0 Å². The molecule has 0 saturated heterocycles. The van der Waals surface area contributed by atoms with Gasteiger partial charge in [-0.25, -0.2) is 9.17 Å². The molecule has 0 bridgehead atoms. The Bertz CT molecular complexity index is 300. The molecule has 3 nitrogen and oxygen atoms in total. The molecule has 0 radical (unpaired) electrons. The maximum atomic E-state index is 13.1. The maximum absolute atomic E-state index is 13.1. The van der Waals surface area contributed by atoms with Crippen LogP contribution in [0, 0.1) is 0 Å². The molecule has 0 aliphatic carbocycles. The maximum Gasteiger partial charge on any atom is 0.377 e. The van der Waals surface area contributed by atoms with Gasteiger partial charge in [0.1, 0.15) is 0 Å². The van der Waals surface area contributed by atoms with Crippen molar-refractivity contribution in [3.05, 3.63) is 17.1 Å². The smallest absolute Gasteiger partial charge is 0.377 e. The number of halogens is 2. The molecule has 0 aromatic carbocycles. The summed E-state index contributed by atoms with van der Waals surface area (Å²) >= 11 is 1.07. The van der Waals surface area contributed by atoms with E-state index >= 15 is 0 Å². The zero-order valence-electron chi connectivity index (χ0n) is 7.50. The van der Waals surface area contributed by atoms with Crippen LogP contribution in [0.25, 0.3) is 0 Å². The average molecular weight is 221 g/mol. The van der Waals surface area contributed by atoms with E-state index in [1.807, 2.05) is 0 Å². The third kappa shape index (κ3) is 2.73. The molecule has 0 aliphatic heterocycles. The van der Waals surface area contributed by atoms with Crippen molar-refractivity contribution < 1.29 is 18.3 Å². The summed E-state index contributed by atoms with van der Waals surface area (Å²) in [6, 6.07) is 0. The van der Waals surface area contributed by atoms with Gasteiger partial charge in [-0.3, -0.25) is 0 Å². The van der Waals surface area contributed by atoms with E-state index in [9.17, 15) is 13.6 Å². The number of alkyl halides is 2. The van der Waals surface area contributed by atoms with E-state index in [0.717, 1.165) is 11.5 Å². The molecule has 1 heterocycles. The lowest BCUT2D eigenvalue weighted by Gasteiger charge is -2.12. The minimum atomic E-state index is -3.46. The number of esters is 1. The Morgan fingerprint density at radius 3 is 2.93 bits per heavy atom. The van der Waals surface area contributed by atoms with E-state index in [-0.39, 0.29) is 6.61 Å². The molecule has 1 aromatic rings. The van der Waals surface area contributed by atoms with Gasteiger partial charge < -0.3 is 4.74 Å². The largest absolute Gasteiger partial charge is 0.462 e. The Hall–Kier alpha value is -1.04. The summed E-state index contributed by atoms with van der Waals surface area (Å²) in [6.07, 6.45) is 0.667. The van der Waals surface area contributed by atoms with Crippen molar-refractivity contribution in [3.8, 4) is 0 Å². The number of ether oxygens (including phenoxy) is 1. The average Bonchev–Trinajstić information content (AvgIpc) is 2.56. The third-order valence-corrected chi connectivity index (χ3v) is 2.12. The highest BCUT2D eigenvalue weighted by atomic mass is 32.1. The highest BCUT2D eigenvalue weighted by Crippen LogP contribution is 2.22. The van der Waals surface area contributed by atoms with E-state index in [2.05, 4.69) is 9.11 Å². The number of rotatable bonds is 4. The SMILES string of the molecule is CCOC(=O)C(F)(F)Cc1cnsc1. The van der Waals surface area contributed by atoms with E-state index in [1.165, 1.54) is 18.5 Å². The van der Waals surface area contributed by atoms with Crippen LogP contribution in [-0.4, -0.2) is 22.9 Å². The molecule has 0 spiro atoms. The zero-order chi connectivity index (χ0) is 10.6. The monoisotopic (exact) mass is 221 g/mol. The summed E-state index contributed by atoms with van der Waals surface area (Å²) in [5.74, 6) is -4.94. The minimum absolute atomic E-state index is 0.0453. The van der Waals surface area contributed by atoms with E-state index in [1.54, 1.807) is 0 Å². The molecule has 0 unspecified atom stereocenters. The van der Waals surface area contributed by atoms with Gasteiger partial charge in [-0.1, -0.05) is 0 Å². The van der Waals surface area contributed by atoms with Gasteiger partial charge in [-0.15, -0.1) is 0 Å². The number of hydrogen-bond donors (Lipinski definition) is 0. The molecule has 0 N–H and O–H groups in total. The molecule has 1 rings (SSSR count). The number of nitrogens with zero attached hydrogens (tertiary/aromatic N) is 1. The molecular formula is C8H9F2NO2S. The standard InChI is InChI=1S/C8H9F2NO2S/c1-2-13-7(12)8(9,10)3-6-4-11-14-5-6/h4-5H,2-3H2,1H3. The molecule has 0 atom stereocenters. The fourth-order valence-corrected chi connectivity index (χ4v) is 1.42. The van der Waals surface area contributed by atoms with Crippen LogP contribution in [0.5, 0.6) is 0 Å². The zero-order valence-corrected chi connectivity index (χ0v) is 8.31. The first kappa shape index (κ1) is 11.0. The van der Waals surface area contributed by atoms with Gasteiger partial charge in [0, 0.05) is 11.6 Å². The number of carbonyl (C=O) groups excluding carboxylic acids is 1. The van der Waals surface area contributed by atoms with Crippen LogP contribution in [0.1, 0.15) is 12.5 Å². The molecule has 78 valence electrons. The van der Waals surface area contributed by atoms with Gasteiger partial charge in [0.2, 0.25) is 0 Å². The highest BCUT2D eigenvalue weighted by molar-refractivity contribution is 7.03. The Morgan fingerprint density at radius 2 is 2.43 bits per heavy atom. The predicted octanol–water partition coefficient (Wildman–Crippen LogP) is 1.88.